The summed E-state index contributed by atoms with van der Waals surface area (Å²) in [5, 5.41) is 11.9. The molecule has 3 aromatic rings. The molecule has 0 aliphatic carbocycles. The largest absolute Gasteiger partial charge is 0.466 e. The van der Waals surface area contributed by atoms with Crippen molar-refractivity contribution in [2.75, 3.05) is 6.54 Å². The Hall–Kier alpha value is -2.15. The van der Waals surface area contributed by atoms with E-state index >= 15 is 0 Å². The quantitative estimate of drug-likeness (QED) is 0.753. The number of hydrogen-bond acceptors (Lipinski definition) is 4. The molecule has 1 atom stereocenters. The molecule has 23 heavy (non-hydrogen) atoms. The van der Waals surface area contributed by atoms with Crippen LogP contribution in [0, 0.1) is 0 Å². The van der Waals surface area contributed by atoms with E-state index in [2.05, 4.69) is 4.72 Å². The molecule has 0 unspecified atom stereocenters. The van der Waals surface area contributed by atoms with Crippen LogP contribution in [0.1, 0.15) is 12.7 Å². The first-order valence-corrected chi connectivity index (χ1v) is 8.62. The van der Waals surface area contributed by atoms with Crippen LogP contribution < -0.4 is 4.72 Å². The fourth-order valence-corrected chi connectivity index (χ4v) is 3.78. The zero-order chi connectivity index (χ0) is 16.5. The Morgan fingerprint density at radius 1 is 1.09 bits per heavy atom. The SMILES string of the molecule is C[C@](O)(CNS(=O)(=O)c1cccc2ccccc12)c1ccco1. The molecule has 2 aromatic carbocycles. The molecule has 0 fully saturated rings. The summed E-state index contributed by atoms with van der Waals surface area (Å²) >= 11 is 0. The van der Waals surface area contributed by atoms with Crippen molar-refractivity contribution < 1.29 is 17.9 Å². The van der Waals surface area contributed by atoms with Gasteiger partial charge in [0.15, 0.2) is 0 Å². The summed E-state index contributed by atoms with van der Waals surface area (Å²) in [6.07, 6.45) is 1.43. The van der Waals surface area contributed by atoms with Gasteiger partial charge in [-0.15, -0.1) is 0 Å². The Morgan fingerprint density at radius 3 is 2.57 bits per heavy atom. The lowest BCUT2D eigenvalue weighted by Gasteiger charge is -2.21. The van der Waals surface area contributed by atoms with E-state index in [1.165, 1.54) is 13.2 Å². The second-order valence-corrected chi connectivity index (χ2v) is 7.29. The van der Waals surface area contributed by atoms with E-state index in [-0.39, 0.29) is 11.4 Å². The van der Waals surface area contributed by atoms with Crippen LogP contribution in [0.25, 0.3) is 10.8 Å². The molecule has 0 bridgehead atoms. The highest BCUT2D eigenvalue weighted by Gasteiger charge is 2.29. The number of fused-ring (bicyclic) bond motifs is 1. The average Bonchev–Trinajstić information content (AvgIpc) is 3.08. The molecule has 1 heterocycles. The third-order valence-corrected chi connectivity index (χ3v) is 5.16. The first-order chi connectivity index (χ1) is 10.9. The monoisotopic (exact) mass is 331 g/mol. The highest BCUT2D eigenvalue weighted by Crippen LogP contribution is 2.24. The molecule has 120 valence electrons. The minimum absolute atomic E-state index is 0.186. The number of furan rings is 1. The maximum atomic E-state index is 12.6. The summed E-state index contributed by atoms with van der Waals surface area (Å²) in [6, 6.07) is 15.6. The van der Waals surface area contributed by atoms with Crippen molar-refractivity contribution in [2.45, 2.75) is 17.4 Å². The second kappa shape index (κ2) is 5.81. The van der Waals surface area contributed by atoms with Crippen LogP contribution in [0.15, 0.2) is 70.2 Å². The van der Waals surface area contributed by atoms with Crippen LogP contribution in [0.4, 0.5) is 0 Å². The van der Waals surface area contributed by atoms with E-state index in [0.717, 1.165) is 5.39 Å². The standard InChI is InChI=1S/C17H17NO4S/c1-17(19,16-10-5-11-22-16)12-18-23(20,21)15-9-4-7-13-6-2-3-8-14(13)15/h2-11,18-19H,12H2,1H3/t17-/m0/s1. The highest BCUT2D eigenvalue weighted by atomic mass is 32.2. The lowest BCUT2D eigenvalue weighted by molar-refractivity contribution is 0.0395. The number of aliphatic hydroxyl groups is 1. The van der Waals surface area contributed by atoms with Gasteiger partial charge in [-0.05, 0) is 30.5 Å². The van der Waals surface area contributed by atoms with Crippen molar-refractivity contribution in [3.8, 4) is 0 Å². The van der Waals surface area contributed by atoms with Crippen molar-refractivity contribution in [3.63, 3.8) is 0 Å². The molecule has 0 spiro atoms. The molecular weight excluding hydrogens is 314 g/mol. The lowest BCUT2D eigenvalue weighted by atomic mass is 10.1. The molecule has 0 radical (unpaired) electrons. The lowest BCUT2D eigenvalue weighted by Crippen LogP contribution is -2.38. The van der Waals surface area contributed by atoms with E-state index in [1.54, 1.807) is 36.4 Å². The van der Waals surface area contributed by atoms with Gasteiger partial charge in [0.25, 0.3) is 0 Å². The van der Waals surface area contributed by atoms with Gasteiger partial charge in [0.05, 0.1) is 11.2 Å². The van der Waals surface area contributed by atoms with Crippen molar-refractivity contribution in [3.05, 3.63) is 66.6 Å². The summed E-state index contributed by atoms with van der Waals surface area (Å²) in [5.41, 5.74) is -1.43. The number of benzene rings is 2. The fourth-order valence-electron chi connectivity index (χ4n) is 2.42. The van der Waals surface area contributed by atoms with Crippen molar-refractivity contribution in [1.82, 2.24) is 4.72 Å². The molecule has 6 heteroatoms. The first-order valence-electron chi connectivity index (χ1n) is 7.14. The fraction of sp³-hybridized carbons (Fsp3) is 0.176. The third kappa shape index (κ3) is 3.14. The number of rotatable bonds is 5. The topological polar surface area (TPSA) is 79.5 Å². The number of hydrogen-bond donors (Lipinski definition) is 2. The molecular formula is C17H17NO4S. The van der Waals surface area contributed by atoms with Crippen LogP contribution in [0.3, 0.4) is 0 Å². The number of sulfonamides is 1. The van der Waals surface area contributed by atoms with Crippen LogP contribution in [-0.2, 0) is 15.6 Å². The molecule has 1 aromatic heterocycles. The van der Waals surface area contributed by atoms with Crippen LogP contribution >= 0.6 is 0 Å². The zero-order valence-corrected chi connectivity index (χ0v) is 13.4. The second-order valence-electron chi connectivity index (χ2n) is 5.55. The molecule has 0 amide bonds. The molecule has 5 nitrogen and oxygen atoms in total. The predicted molar refractivity (Wildman–Crippen MR) is 87.4 cm³/mol. The minimum Gasteiger partial charge on any atom is -0.466 e. The third-order valence-electron chi connectivity index (χ3n) is 3.70. The summed E-state index contributed by atoms with van der Waals surface area (Å²) in [4.78, 5) is 0.186. The van der Waals surface area contributed by atoms with Gasteiger partial charge in [-0.25, -0.2) is 13.1 Å². The Kier molecular flexibility index (Phi) is 3.97. The Bertz CT molecular complexity index is 909. The molecule has 3 rings (SSSR count). The molecule has 0 saturated heterocycles. The van der Waals surface area contributed by atoms with Crippen LogP contribution in [-0.4, -0.2) is 20.1 Å². The van der Waals surface area contributed by atoms with Crippen LogP contribution in [0.5, 0.6) is 0 Å². The maximum absolute atomic E-state index is 12.6. The van der Waals surface area contributed by atoms with Gasteiger partial charge in [-0.2, -0.15) is 0 Å². The Labute approximate surface area is 134 Å². The molecule has 0 saturated carbocycles. The first kappa shape index (κ1) is 15.7. The summed E-state index contributed by atoms with van der Waals surface area (Å²) in [6.45, 7) is 1.31. The smallest absolute Gasteiger partial charge is 0.241 e. The van der Waals surface area contributed by atoms with Crippen molar-refractivity contribution >= 4 is 20.8 Å². The van der Waals surface area contributed by atoms with Crippen LogP contribution in [0.2, 0.25) is 0 Å². The molecule has 0 aliphatic heterocycles. The summed E-state index contributed by atoms with van der Waals surface area (Å²) < 4.78 is 32.8. The van der Waals surface area contributed by atoms with Crippen molar-refractivity contribution in [1.29, 1.82) is 0 Å². The van der Waals surface area contributed by atoms with Crippen molar-refractivity contribution in [2.24, 2.45) is 0 Å². The van der Waals surface area contributed by atoms with Gasteiger partial charge in [-0.3, -0.25) is 0 Å². The highest BCUT2D eigenvalue weighted by molar-refractivity contribution is 7.89. The Balaban J connectivity index is 1.90. The zero-order valence-electron chi connectivity index (χ0n) is 12.6. The average molecular weight is 331 g/mol. The van der Waals surface area contributed by atoms with Gasteiger partial charge in [0.1, 0.15) is 11.4 Å². The van der Waals surface area contributed by atoms with E-state index in [0.29, 0.717) is 11.1 Å². The molecule has 2 N–H and O–H groups in total. The summed E-state index contributed by atoms with van der Waals surface area (Å²) in [7, 11) is -3.76. The maximum Gasteiger partial charge on any atom is 0.241 e. The van der Waals surface area contributed by atoms with Gasteiger partial charge in [0.2, 0.25) is 10.0 Å². The predicted octanol–water partition coefficient (Wildman–Crippen LogP) is 2.62. The van der Waals surface area contributed by atoms with Gasteiger partial charge in [-0.1, -0.05) is 36.4 Å². The normalized spacial score (nSPS) is 14.7. The van der Waals surface area contributed by atoms with E-state index < -0.39 is 15.6 Å². The van der Waals surface area contributed by atoms with E-state index in [1.807, 2.05) is 18.2 Å². The minimum atomic E-state index is -3.76. The van der Waals surface area contributed by atoms with Gasteiger partial charge < -0.3 is 9.52 Å². The Morgan fingerprint density at radius 2 is 1.83 bits per heavy atom. The van der Waals surface area contributed by atoms with Gasteiger partial charge >= 0.3 is 0 Å². The number of nitrogens with one attached hydrogen (secondary N) is 1. The summed E-state index contributed by atoms with van der Waals surface area (Å²) in [5.74, 6) is 0.304. The van der Waals surface area contributed by atoms with Gasteiger partial charge in [0, 0.05) is 11.9 Å². The molecule has 0 aliphatic rings. The van der Waals surface area contributed by atoms with E-state index in [9.17, 15) is 13.5 Å². The van der Waals surface area contributed by atoms with E-state index in [4.69, 9.17) is 4.42 Å².